The zero-order valence-corrected chi connectivity index (χ0v) is 16.9. The maximum Gasteiger partial charge on any atom is 0.273 e. The smallest absolute Gasteiger partial charge is 0.273 e. The van der Waals surface area contributed by atoms with E-state index in [1.165, 1.54) is 28.9 Å². The van der Waals surface area contributed by atoms with Gasteiger partial charge in [0.1, 0.15) is 5.82 Å². The van der Waals surface area contributed by atoms with Gasteiger partial charge in [0, 0.05) is 24.6 Å². The van der Waals surface area contributed by atoms with Crippen LogP contribution in [0.3, 0.4) is 0 Å². The van der Waals surface area contributed by atoms with Gasteiger partial charge in [-0.2, -0.15) is 5.10 Å². The van der Waals surface area contributed by atoms with E-state index in [-0.39, 0.29) is 29.6 Å². The Morgan fingerprint density at radius 3 is 2.50 bits per heavy atom. The summed E-state index contributed by atoms with van der Waals surface area (Å²) >= 11 is 0. The van der Waals surface area contributed by atoms with Crippen molar-refractivity contribution in [3.05, 3.63) is 91.1 Å². The van der Waals surface area contributed by atoms with E-state index >= 15 is 0 Å². The zero-order chi connectivity index (χ0) is 22.8. The van der Waals surface area contributed by atoms with Crippen LogP contribution in [-0.4, -0.2) is 30.4 Å². The second-order valence-corrected chi connectivity index (χ2v) is 7.10. The van der Waals surface area contributed by atoms with Crippen molar-refractivity contribution in [2.75, 3.05) is 5.32 Å². The Hall–Kier alpha value is -4.54. The fourth-order valence-electron chi connectivity index (χ4n) is 3.32. The average Bonchev–Trinajstić information content (AvgIpc) is 3.15. The topological polar surface area (TPSA) is 145 Å². The van der Waals surface area contributed by atoms with Crippen molar-refractivity contribution in [1.29, 1.82) is 0 Å². The lowest BCUT2D eigenvalue weighted by Crippen LogP contribution is -2.31. The third-order valence-corrected chi connectivity index (χ3v) is 4.85. The van der Waals surface area contributed by atoms with Crippen LogP contribution in [0.1, 0.15) is 12.1 Å². The summed E-state index contributed by atoms with van der Waals surface area (Å²) in [6.07, 6.45) is -0.0708. The highest BCUT2D eigenvalue weighted by Crippen LogP contribution is 2.20. The minimum Gasteiger partial charge on any atom is -0.311 e. The Morgan fingerprint density at radius 1 is 1.12 bits per heavy atom. The molecule has 0 fully saturated rings. The Kier molecular flexibility index (Phi) is 5.37. The van der Waals surface area contributed by atoms with Gasteiger partial charge in [0.2, 0.25) is 5.91 Å². The fraction of sp³-hybridized carbons (Fsp3) is 0.143. The number of nitro groups is 1. The number of aromatic nitrogens is 4. The zero-order valence-electron chi connectivity index (χ0n) is 16.9. The average molecular weight is 434 g/mol. The van der Waals surface area contributed by atoms with E-state index in [4.69, 9.17) is 0 Å². The molecule has 1 amide bonds. The van der Waals surface area contributed by atoms with Gasteiger partial charge in [-0.1, -0.05) is 12.1 Å². The van der Waals surface area contributed by atoms with E-state index in [1.54, 1.807) is 37.3 Å². The number of nitro benzene ring substituents is 1. The van der Waals surface area contributed by atoms with Gasteiger partial charge in [-0.15, -0.1) is 0 Å². The number of fused-ring (bicyclic) bond motifs is 1. The minimum absolute atomic E-state index is 0.0185. The van der Waals surface area contributed by atoms with Gasteiger partial charge in [0.05, 0.1) is 33.6 Å². The molecule has 0 spiro atoms. The van der Waals surface area contributed by atoms with Crippen LogP contribution in [0.15, 0.2) is 64.2 Å². The molecule has 32 heavy (non-hydrogen) atoms. The highest BCUT2D eigenvalue weighted by atomic mass is 16.6. The lowest BCUT2D eigenvalue weighted by molar-refractivity contribution is -0.384. The van der Waals surface area contributed by atoms with Crippen LogP contribution < -0.4 is 16.4 Å². The number of rotatable bonds is 6. The summed E-state index contributed by atoms with van der Waals surface area (Å²) in [6, 6.07) is 13.9. The van der Waals surface area contributed by atoms with Gasteiger partial charge in [-0.25, -0.2) is 9.36 Å². The van der Waals surface area contributed by atoms with Crippen molar-refractivity contribution in [2.24, 2.45) is 0 Å². The number of benzene rings is 2. The van der Waals surface area contributed by atoms with Gasteiger partial charge < -0.3 is 5.32 Å². The molecule has 2 aromatic heterocycles. The molecule has 2 heterocycles. The maximum atomic E-state index is 12.6. The van der Waals surface area contributed by atoms with Crippen molar-refractivity contribution in [2.45, 2.75) is 19.9 Å². The molecule has 4 aromatic rings. The van der Waals surface area contributed by atoms with Crippen LogP contribution in [0.4, 0.5) is 11.5 Å². The van der Waals surface area contributed by atoms with Crippen molar-refractivity contribution in [3.63, 3.8) is 0 Å². The molecule has 2 aromatic carbocycles. The van der Waals surface area contributed by atoms with Gasteiger partial charge in [0.15, 0.2) is 0 Å². The first-order valence-corrected chi connectivity index (χ1v) is 9.67. The van der Waals surface area contributed by atoms with Gasteiger partial charge >= 0.3 is 0 Å². The number of hydrogen-bond donors (Lipinski definition) is 2. The quantitative estimate of drug-likeness (QED) is 0.351. The second kappa shape index (κ2) is 8.30. The standard InChI is InChI=1S/C21H18N6O5/c1-13-12-18(26(23-13)14-6-8-15(9-7-14)27(31)32)22-19(28)10-11-25-21(30)17-5-3-2-4-16(17)20(29)24-25/h2-9,12H,10-11H2,1H3,(H,22,28)(H,24,29). The normalized spacial score (nSPS) is 10.9. The summed E-state index contributed by atoms with van der Waals surface area (Å²) in [5, 5.41) is 21.0. The first-order valence-electron chi connectivity index (χ1n) is 9.67. The lowest BCUT2D eigenvalue weighted by atomic mass is 10.2. The number of aryl methyl sites for hydroxylation is 2. The summed E-state index contributed by atoms with van der Waals surface area (Å²) in [6.45, 7) is 1.73. The molecule has 0 radical (unpaired) electrons. The second-order valence-electron chi connectivity index (χ2n) is 7.10. The van der Waals surface area contributed by atoms with Crippen molar-refractivity contribution < 1.29 is 9.72 Å². The predicted octanol–water partition coefficient (Wildman–Crippen LogP) is 2.12. The number of aromatic amines is 1. The number of amides is 1. The highest BCUT2D eigenvalue weighted by molar-refractivity contribution is 5.90. The van der Waals surface area contributed by atoms with E-state index in [0.29, 0.717) is 22.6 Å². The number of nitrogens with zero attached hydrogens (tertiary/aromatic N) is 4. The highest BCUT2D eigenvalue weighted by Gasteiger charge is 2.14. The number of H-pyrrole nitrogens is 1. The molecule has 11 heteroatoms. The number of carbonyl (C=O) groups excluding carboxylic acids is 1. The lowest BCUT2D eigenvalue weighted by Gasteiger charge is -2.10. The monoisotopic (exact) mass is 434 g/mol. The molecule has 11 nitrogen and oxygen atoms in total. The molecule has 0 saturated carbocycles. The number of carbonyl (C=O) groups is 1. The number of non-ortho nitro benzene ring substituents is 1. The summed E-state index contributed by atoms with van der Waals surface area (Å²) in [4.78, 5) is 47.6. The van der Waals surface area contributed by atoms with E-state index in [1.807, 2.05) is 0 Å². The van der Waals surface area contributed by atoms with Crippen molar-refractivity contribution >= 4 is 28.2 Å². The Morgan fingerprint density at radius 2 is 1.81 bits per heavy atom. The van der Waals surface area contributed by atoms with Crippen LogP contribution in [0.5, 0.6) is 0 Å². The molecule has 0 aliphatic heterocycles. The van der Waals surface area contributed by atoms with Gasteiger partial charge in [-0.05, 0) is 31.2 Å². The van der Waals surface area contributed by atoms with Gasteiger partial charge in [0.25, 0.3) is 16.8 Å². The van der Waals surface area contributed by atoms with Crippen molar-refractivity contribution in [1.82, 2.24) is 19.6 Å². The summed E-state index contributed by atoms with van der Waals surface area (Å²) in [5.74, 6) is -0.0188. The molecule has 0 aliphatic carbocycles. The van der Waals surface area contributed by atoms with E-state index in [0.717, 1.165) is 4.68 Å². The fourth-order valence-corrected chi connectivity index (χ4v) is 3.32. The first kappa shape index (κ1) is 20.7. The predicted molar refractivity (Wildman–Crippen MR) is 117 cm³/mol. The molecule has 0 bridgehead atoms. The van der Waals surface area contributed by atoms with Crippen LogP contribution in [0.2, 0.25) is 0 Å². The summed E-state index contributed by atoms with van der Waals surface area (Å²) in [7, 11) is 0. The maximum absolute atomic E-state index is 12.6. The van der Waals surface area contributed by atoms with E-state index < -0.39 is 16.4 Å². The van der Waals surface area contributed by atoms with Crippen LogP contribution in [0, 0.1) is 17.0 Å². The van der Waals surface area contributed by atoms with Crippen LogP contribution in [-0.2, 0) is 11.3 Å². The Labute approximate surface area is 180 Å². The molecular weight excluding hydrogens is 416 g/mol. The van der Waals surface area contributed by atoms with Gasteiger partial charge in [-0.3, -0.25) is 29.6 Å². The molecule has 162 valence electrons. The molecule has 0 saturated heterocycles. The largest absolute Gasteiger partial charge is 0.311 e. The molecule has 2 N–H and O–H groups in total. The molecule has 0 atom stereocenters. The molecule has 4 rings (SSSR count). The van der Waals surface area contributed by atoms with Crippen LogP contribution >= 0.6 is 0 Å². The number of nitrogens with one attached hydrogen (secondary N) is 2. The summed E-state index contributed by atoms with van der Waals surface area (Å²) in [5.41, 5.74) is 0.313. The third-order valence-electron chi connectivity index (χ3n) is 4.85. The Bertz CT molecular complexity index is 1450. The Balaban J connectivity index is 1.52. The number of anilines is 1. The first-order chi connectivity index (χ1) is 15.3. The van der Waals surface area contributed by atoms with E-state index in [2.05, 4.69) is 15.5 Å². The van der Waals surface area contributed by atoms with Crippen LogP contribution in [0.25, 0.3) is 16.5 Å². The van der Waals surface area contributed by atoms with Crippen molar-refractivity contribution in [3.8, 4) is 5.69 Å². The molecular formula is C21H18N6O5. The van der Waals surface area contributed by atoms with E-state index in [9.17, 15) is 24.5 Å². The number of hydrogen-bond acceptors (Lipinski definition) is 6. The third kappa shape index (κ3) is 4.03. The summed E-state index contributed by atoms with van der Waals surface area (Å²) < 4.78 is 2.57. The SMILES string of the molecule is Cc1cc(NC(=O)CCn2[nH]c(=O)c3ccccc3c2=O)n(-c2ccc([N+](=O)[O-])cc2)n1. The minimum atomic E-state index is -0.500. The molecule has 0 aliphatic rings. The molecule has 0 unspecified atom stereocenters.